The second kappa shape index (κ2) is 7.95. The molecule has 0 amide bonds. The first-order valence-corrected chi connectivity index (χ1v) is 11.0. The Morgan fingerprint density at radius 1 is 1.21 bits per heavy atom. The third kappa shape index (κ3) is 3.73. The summed E-state index contributed by atoms with van der Waals surface area (Å²) >= 11 is 0. The van der Waals surface area contributed by atoms with Crippen LogP contribution in [-0.4, -0.2) is 52.0 Å². The van der Waals surface area contributed by atoms with Crippen LogP contribution in [-0.2, 0) is 26.1 Å². The van der Waals surface area contributed by atoms with Crippen molar-refractivity contribution in [2.24, 2.45) is 0 Å². The van der Waals surface area contributed by atoms with Crippen molar-refractivity contribution in [3.05, 3.63) is 34.9 Å². The standard InChI is InChI=1S/C22H31N5O2/c1-3-28-19-11-17-10-15(2)29-20(17)12-18(19)13-26-8-9-27-21(14-26)24-25-22(27)16-4-6-23-7-5-16/h11-12,15-16,23H,3-10,13-14H2,1-2H3/t15-/m1/s1. The molecule has 1 aromatic carbocycles. The molecule has 0 aliphatic carbocycles. The van der Waals surface area contributed by atoms with E-state index in [-0.39, 0.29) is 6.10 Å². The lowest BCUT2D eigenvalue weighted by Gasteiger charge is -2.30. The lowest BCUT2D eigenvalue weighted by molar-refractivity contribution is 0.201. The molecule has 7 heteroatoms. The first-order chi connectivity index (χ1) is 14.2. The molecule has 1 fully saturated rings. The van der Waals surface area contributed by atoms with Gasteiger partial charge in [0.1, 0.15) is 29.3 Å². The zero-order valence-corrected chi connectivity index (χ0v) is 17.5. The number of nitrogens with one attached hydrogen (secondary N) is 1. The Balaban J connectivity index is 1.33. The number of piperidine rings is 1. The highest BCUT2D eigenvalue weighted by Crippen LogP contribution is 2.36. The van der Waals surface area contributed by atoms with Gasteiger partial charge in [0, 0.05) is 43.1 Å². The number of ether oxygens (including phenoxy) is 2. The summed E-state index contributed by atoms with van der Waals surface area (Å²) in [5.41, 5.74) is 2.46. The molecule has 3 aliphatic heterocycles. The lowest BCUT2D eigenvalue weighted by atomic mass is 9.97. The third-order valence-corrected chi connectivity index (χ3v) is 6.34. The Hall–Kier alpha value is -2.12. The van der Waals surface area contributed by atoms with E-state index in [0.717, 1.165) is 75.9 Å². The molecular formula is C22H31N5O2. The summed E-state index contributed by atoms with van der Waals surface area (Å²) < 4.78 is 14.3. The highest BCUT2D eigenvalue weighted by Gasteiger charge is 2.28. The van der Waals surface area contributed by atoms with Gasteiger partial charge in [0.2, 0.25) is 0 Å². The number of fused-ring (bicyclic) bond motifs is 2. The van der Waals surface area contributed by atoms with E-state index in [9.17, 15) is 0 Å². The molecule has 0 radical (unpaired) electrons. The summed E-state index contributed by atoms with van der Waals surface area (Å²) in [5.74, 6) is 4.84. The first-order valence-electron chi connectivity index (χ1n) is 11.0. The highest BCUT2D eigenvalue weighted by molar-refractivity contribution is 5.48. The van der Waals surface area contributed by atoms with Crippen LogP contribution < -0.4 is 14.8 Å². The van der Waals surface area contributed by atoms with E-state index >= 15 is 0 Å². The average Bonchev–Trinajstić information content (AvgIpc) is 3.31. The second-order valence-electron chi connectivity index (χ2n) is 8.49. The molecule has 3 aliphatic rings. The van der Waals surface area contributed by atoms with Crippen LogP contribution in [0.2, 0.25) is 0 Å². The Morgan fingerprint density at radius 2 is 2.07 bits per heavy atom. The quantitative estimate of drug-likeness (QED) is 0.836. The molecule has 1 atom stereocenters. The highest BCUT2D eigenvalue weighted by atomic mass is 16.5. The Bertz CT molecular complexity index is 874. The fourth-order valence-corrected chi connectivity index (χ4v) is 4.88. The van der Waals surface area contributed by atoms with Gasteiger partial charge in [-0.15, -0.1) is 10.2 Å². The molecule has 4 heterocycles. The third-order valence-electron chi connectivity index (χ3n) is 6.34. The zero-order valence-electron chi connectivity index (χ0n) is 17.5. The maximum absolute atomic E-state index is 5.99. The molecular weight excluding hydrogens is 366 g/mol. The Morgan fingerprint density at radius 3 is 2.90 bits per heavy atom. The Kier molecular flexibility index (Phi) is 5.18. The molecule has 0 spiro atoms. The van der Waals surface area contributed by atoms with Crippen LogP contribution >= 0.6 is 0 Å². The summed E-state index contributed by atoms with van der Waals surface area (Å²) in [4.78, 5) is 2.44. The van der Waals surface area contributed by atoms with Crippen molar-refractivity contribution >= 4 is 0 Å². The maximum atomic E-state index is 5.99. The average molecular weight is 398 g/mol. The van der Waals surface area contributed by atoms with Gasteiger partial charge < -0.3 is 19.4 Å². The normalized spacial score (nSPS) is 22.2. The molecule has 29 heavy (non-hydrogen) atoms. The van der Waals surface area contributed by atoms with Crippen molar-refractivity contribution in [2.45, 2.75) is 64.8 Å². The molecule has 2 aromatic rings. The smallest absolute Gasteiger partial charge is 0.147 e. The summed E-state index contributed by atoms with van der Waals surface area (Å²) in [6.07, 6.45) is 3.53. The predicted octanol–water partition coefficient (Wildman–Crippen LogP) is 2.48. The van der Waals surface area contributed by atoms with Gasteiger partial charge in [-0.2, -0.15) is 0 Å². The topological polar surface area (TPSA) is 64.4 Å². The number of benzene rings is 1. The molecule has 156 valence electrons. The molecule has 1 N–H and O–H groups in total. The minimum absolute atomic E-state index is 0.247. The van der Waals surface area contributed by atoms with Gasteiger partial charge >= 0.3 is 0 Å². The van der Waals surface area contributed by atoms with Crippen LogP contribution in [0.3, 0.4) is 0 Å². The van der Waals surface area contributed by atoms with E-state index in [4.69, 9.17) is 9.47 Å². The van der Waals surface area contributed by atoms with Crippen molar-refractivity contribution < 1.29 is 9.47 Å². The maximum Gasteiger partial charge on any atom is 0.147 e. The van der Waals surface area contributed by atoms with Gasteiger partial charge in [-0.25, -0.2) is 0 Å². The lowest BCUT2D eigenvalue weighted by Crippen LogP contribution is -2.35. The van der Waals surface area contributed by atoms with Crippen LogP contribution in [0.15, 0.2) is 12.1 Å². The minimum Gasteiger partial charge on any atom is -0.494 e. The summed E-state index contributed by atoms with van der Waals surface area (Å²) in [7, 11) is 0. The molecule has 0 saturated carbocycles. The monoisotopic (exact) mass is 397 g/mol. The van der Waals surface area contributed by atoms with E-state index < -0.39 is 0 Å². The fraction of sp³-hybridized carbons (Fsp3) is 0.636. The van der Waals surface area contributed by atoms with E-state index in [1.807, 2.05) is 6.92 Å². The predicted molar refractivity (Wildman–Crippen MR) is 110 cm³/mol. The summed E-state index contributed by atoms with van der Waals surface area (Å²) in [6, 6.07) is 4.36. The van der Waals surface area contributed by atoms with Gasteiger partial charge in [0.25, 0.3) is 0 Å². The van der Waals surface area contributed by atoms with Crippen LogP contribution in [0.1, 0.15) is 55.4 Å². The first kappa shape index (κ1) is 18.9. The molecule has 7 nitrogen and oxygen atoms in total. The van der Waals surface area contributed by atoms with E-state index in [2.05, 4.69) is 44.0 Å². The number of aromatic nitrogens is 3. The van der Waals surface area contributed by atoms with E-state index in [1.165, 1.54) is 17.0 Å². The number of nitrogens with zero attached hydrogens (tertiary/aromatic N) is 4. The van der Waals surface area contributed by atoms with Gasteiger partial charge in [-0.3, -0.25) is 4.90 Å². The van der Waals surface area contributed by atoms with Crippen molar-refractivity contribution in [3.63, 3.8) is 0 Å². The molecule has 1 saturated heterocycles. The second-order valence-corrected chi connectivity index (χ2v) is 8.49. The van der Waals surface area contributed by atoms with E-state index in [1.54, 1.807) is 0 Å². The minimum atomic E-state index is 0.247. The van der Waals surface area contributed by atoms with Crippen molar-refractivity contribution in [3.8, 4) is 11.5 Å². The Labute approximate surface area is 172 Å². The van der Waals surface area contributed by atoms with E-state index in [0.29, 0.717) is 12.5 Å². The van der Waals surface area contributed by atoms with Gasteiger partial charge in [0.05, 0.1) is 13.2 Å². The molecule has 0 bridgehead atoms. The largest absolute Gasteiger partial charge is 0.494 e. The number of hydrogen-bond donors (Lipinski definition) is 1. The fourth-order valence-electron chi connectivity index (χ4n) is 4.88. The SMILES string of the molecule is CCOc1cc2c(cc1CN1CCn3c(nnc3C3CCNCC3)C1)O[C@H](C)C2. The van der Waals surface area contributed by atoms with Crippen molar-refractivity contribution in [1.82, 2.24) is 25.0 Å². The van der Waals surface area contributed by atoms with Crippen LogP contribution in [0.5, 0.6) is 11.5 Å². The van der Waals surface area contributed by atoms with Gasteiger partial charge in [-0.1, -0.05) is 0 Å². The van der Waals surface area contributed by atoms with Crippen LogP contribution in [0.25, 0.3) is 0 Å². The molecule has 5 rings (SSSR count). The van der Waals surface area contributed by atoms with Crippen molar-refractivity contribution in [1.29, 1.82) is 0 Å². The van der Waals surface area contributed by atoms with Crippen LogP contribution in [0.4, 0.5) is 0 Å². The molecule has 1 aromatic heterocycles. The van der Waals surface area contributed by atoms with Gasteiger partial charge in [-0.05, 0) is 51.9 Å². The van der Waals surface area contributed by atoms with Crippen LogP contribution in [0, 0.1) is 0 Å². The van der Waals surface area contributed by atoms with Gasteiger partial charge in [0.15, 0.2) is 0 Å². The zero-order chi connectivity index (χ0) is 19.8. The molecule has 0 unspecified atom stereocenters. The summed E-state index contributed by atoms with van der Waals surface area (Å²) in [5, 5.41) is 12.6. The number of hydrogen-bond acceptors (Lipinski definition) is 6. The van der Waals surface area contributed by atoms with Crippen molar-refractivity contribution in [2.75, 3.05) is 26.2 Å². The number of rotatable bonds is 5. The summed E-state index contributed by atoms with van der Waals surface area (Å²) in [6.45, 7) is 10.6.